The maximum atomic E-state index is 8.76. The minimum Gasteiger partial charge on any atom is -0.384 e. The third kappa shape index (κ3) is 3.60. The van der Waals surface area contributed by atoms with Gasteiger partial charge in [-0.2, -0.15) is 0 Å². The first kappa shape index (κ1) is 13.7. The highest BCUT2D eigenvalue weighted by atomic mass is 32.1. The fourth-order valence-corrected chi connectivity index (χ4v) is 2.70. The molecule has 2 rings (SSSR count). The quantitative estimate of drug-likeness (QED) is 0.867. The van der Waals surface area contributed by atoms with E-state index in [1.165, 1.54) is 16.1 Å². The maximum absolute atomic E-state index is 8.76. The van der Waals surface area contributed by atoms with Crippen molar-refractivity contribution in [2.24, 2.45) is 0 Å². The molecule has 0 aliphatic carbocycles. The number of aliphatic hydroxyl groups excluding tert-OH is 1. The van der Waals surface area contributed by atoms with E-state index >= 15 is 0 Å². The lowest BCUT2D eigenvalue weighted by atomic mass is 10.2. The SMILES string of the molecule is Cc1ccc(N(C)Cc2sccc2C#CCO)cc1. The molecule has 2 aromatic rings. The lowest BCUT2D eigenvalue weighted by Gasteiger charge is -2.19. The van der Waals surface area contributed by atoms with Crippen LogP contribution >= 0.6 is 11.3 Å². The van der Waals surface area contributed by atoms with Crippen molar-refractivity contribution in [3.8, 4) is 11.8 Å². The summed E-state index contributed by atoms with van der Waals surface area (Å²) in [5.41, 5.74) is 3.47. The van der Waals surface area contributed by atoms with Crippen molar-refractivity contribution in [2.45, 2.75) is 13.5 Å². The summed E-state index contributed by atoms with van der Waals surface area (Å²) in [7, 11) is 2.08. The average molecular weight is 271 g/mol. The Morgan fingerprint density at radius 3 is 2.63 bits per heavy atom. The number of aryl methyl sites for hydroxylation is 1. The van der Waals surface area contributed by atoms with Crippen molar-refractivity contribution >= 4 is 17.0 Å². The molecule has 1 N–H and O–H groups in total. The van der Waals surface area contributed by atoms with Crippen LogP contribution in [0.2, 0.25) is 0 Å². The molecule has 1 aromatic carbocycles. The van der Waals surface area contributed by atoms with Crippen molar-refractivity contribution in [1.82, 2.24) is 0 Å². The molecule has 1 aromatic heterocycles. The molecule has 1 heterocycles. The van der Waals surface area contributed by atoms with Gasteiger partial charge >= 0.3 is 0 Å². The first-order valence-corrected chi connectivity index (χ1v) is 7.02. The zero-order chi connectivity index (χ0) is 13.7. The second-order valence-corrected chi connectivity index (χ2v) is 5.41. The second kappa shape index (κ2) is 6.42. The van der Waals surface area contributed by atoms with E-state index in [0.29, 0.717) is 0 Å². The van der Waals surface area contributed by atoms with Crippen LogP contribution in [-0.4, -0.2) is 18.8 Å². The normalized spacial score (nSPS) is 9.84. The Balaban J connectivity index is 2.12. The van der Waals surface area contributed by atoms with E-state index in [4.69, 9.17) is 5.11 Å². The van der Waals surface area contributed by atoms with Gasteiger partial charge in [0.2, 0.25) is 0 Å². The lowest BCUT2D eigenvalue weighted by molar-refractivity contribution is 0.350. The van der Waals surface area contributed by atoms with Gasteiger partial charge in [0.25, 0.3) is 0 Å². The molecule has 0 radical (unpaired) electrons. The van der Waals surface area contributed by atoms with E-state index in [1.54, 1.807) is 11.3 Å². The monoisotopic (exact) mass is 271 g/mol. The van der Waals surface area contributed by atoms with E-state index in [9.17, 15) is 0 Å². The molecule has 0 aliphatic rings. The molecular weight excluding hydrogens is 254 g/mol. The standard InChI is InChI=1S/C16H17NOS/c1-13-5-7-15(8-6-13)17(2)12-16-14(4-3-10-18)9-11-19-16/h5-9,11,18H,10,12H2,1-2H3. The van der Waals surface area contributed by atoms with Crippen LogP contribution in [0.5, 0.6) is 0 Å². The molecule has 3 heteroatoms. The molecule has 0 unspecified atom stereocenters. The number of benzene rings is 1. The van der Waals surface area contributed by atoms with E-state index in [1.807, 2.05) is 11.4 Å². The van der Waals surface area contributed by atoms with E-state index in [0.717, 1.165) is 12.1 Å². The molecular formula is C16H17NOS. The lowest BCUT2D eigenvalue weighted by Crippen LogP contribution is -2.16. The van der Waals surface area contributed by atoms with Crippen molar-refractivity contribution < 1.29 is 5.11 Å². The summed E-state index contributed by atoms with van der Waals surface area (Å²) in [5, 5.41) is 10.8. The topological polar surface area (TPSA) is 23.5 Å². The van der Waals surface area contributed by atoms with Gasteiger partial charge in [0, 0.05) is 23.2 Å². The van der Waals surface area contributed by atoms with E-state index in [-0.39, 0.29) is 6.61 Å². The molecule has 98 valence electrons. The molecule has 0 fully saturated rings. The molecule has 0 amide bonds. The largest absolute Gasteiger partial charge is 0.384 e. The summed E-state index contributed by atoms with van der Waals surface area (Å²) >= 11 is 1.70. The highest BCUT2D eigenvalue weighted by molar-refractivity contribution is 7.10. The number of anilines is 1. The van der Waals surface area contributed by atoms with Crippen molar-refractivity contribution in [3.05, 3.63) is 51.7 Å². The van der Waals surface area contributed by atoms with Crippen LogP contribution in [-0.2, 0) is 6.54 Å². The molecule has 0 spiro atoms. The van der Waals surface area contributed by atoms with Gasteiger partial charge < -0.3 is 10.0 Å². The third-order valence-electron chi connectivity index (χ3n) is 2.90. The number of rotatable bonds is 3. The predicted molar refractivity (Wildman–Crippen MR) is 81.6 cm³/mol. The Hall–Kier alpha value is -1.76. The van der Waals surface area contributed by atoms with Gasteiger partial charge in [0.15, 0.2) is 0 Å². The smallest absolute Gasteiger partial charge is 0.104 e. The minimum absolute atomic E-state index is 0.0942. The summed E-state index contributed by atoms with van der Waals surface area (Å²) < 4.78 is 0. The van der Waals surface area contributed by atoms with Gasteiger partial charge in [-0.25, -0.2) is 0 Å². The Bertz CT molecular complexity index is 589. The number of nitrogens with zero attached hydrogens (tertiary/aromatic N) is 1. The molecule has 0 bridgehead atoms. The highest BCUT2D eigenvalue weighted by Crippen LogP contribution is 2.21. The van der Waals surface area contributed by atoms with E-state index < -0.39 is 0 Å². The van der Waals surface area contributed by atoms with Crippen LogP contribution in [0.4, 0.5) is 5.69 Å². The van der Waals surface area contributed by atoms with Crippen LogP contribution < -0.4 is 4.90 Å². The van der Waals surface area contributed by atoms with Crippen LogP contribution in [0.1, 0.15) is 16.0 Å². The highest BCUT2D eigenvalue weighted by Gasteiger charge is 2.06. The summed E-state index contributed by atoms with van der Waals surface area (Å²) in [6.45, 7) is 2.82. The van der Waals surface area contributed by atoms with Crippen LogP contribution in [0.25, 0.3) is 0 Å². The van der Waals surface area contributed by atoms with Gasteiger partial charge in [-0.05, 0) is 30.5 Å². The first-order chi connectivity index (χ1) is 9.20. The zero-order valence-corrected chi connectivity index (χ0v) is 12.0. The first-order valence-electron chi connectivity index (χ1n) is 6.14. The number of thiophene rings is 1. The van der Waals surface area contributed by atoms with Crippen molar-refractivity contribution in [1.29, 1.82) is 0 Å². The molecule has 0 aliphatic heterocycles. The number of hydrogen-bond donors (Lipinski definition) is 1. The Kier molecular flexibility index (Phi) is 4.62. The molecule has 2 nitrogen and oxygen atoms in total. The summed E-state index contributed by atoms with van der Waals surface area (Å²) in [5.74, 6) is 5.70. The van der Waals surface area contributed by atoms with Gasteiger partial charge in [0.1, 0.15) is 6.61 Å². The number of hydrogen-bond acceptors (Lipinski definition) is 3. The maximum Gasteiger partial charge on any atom is 0.104 e. The van der Waals surface area contributed by atoms with Gasteiger partial charge in [-0.1, -0.05) is 29.5 Å². The number of aliphatic hydroxyl groups is 1. The van der Waals surface area contributed by atoms with Gasteiger partial charge in [-0.3, -0.25) is 0 Å². The average Bonchev–Trinajstić information content (AvgIpc) is 2.84. The van der Waals surface area contributed by atoms with Gasteiger partial charge in [0.05, 0.1) is 6.54 Å². The van der Waals surface area contributed by atoms with E-state index in [2.05, 4.69) is 55.0 Å². The summed E-state index contributed by atoms with van der Waals surface area (Å²) in [6, 6.07) is 10.5. The predicted octanol–water partition coefficient (Wildman–Crippen LogP) is 3.04. The zero-order valence-electron chi connectivity index (χ0n) is 11.2. The Morgan fingerprint density at radius 1 is 1.21 bits per heavy atom. The third-order valence-corrected chi connectivity index (χ3v) is 3.81. The van der Waals surface area contributed by atoms with Crippen LogP contribution in [0.15, 0.2) is 35.7 Å². The van der Waals surface area contributed by atoms with Crippen LogP contribution in [0.3, 0.4) is 0 Å². The van der Waals surface area contributed by atoms with Crippen molar-refractivity contribution in [3.63, 3.8) is 0 Å². The Morgan fingerprint density at radius 2 is 1.95 bits per heavy atom. The molecule has 0 atom stereocenters. The fourth-order valence-electron chi connectivity index (χ4n) is 1.82. The molecule has 0 saturated carbocycles. The second-order valence-electron chi connectivity index (χ2n) is 4.41. The molecule has 19 heavy (non-hydrogen) atoms. The summed E-state index contributed by atoms with van der Waals surface area (Å²) in [6.07, 6.45) is 0. The van der Waals surface area contributed by atoms with Crippen LogP contribution in [0, 0.1) is 18.8 Å². The van der Waals surface area contributed by atoms with Gasteiger partial charge in [-0.15, -0.1) is 11.3 Å². The molecule has 0 saturated heterocycles. The summed E-state index contributed by atoms with van der Waals surface area (Å²) in [4.78, 5) is 3.43. The Labute approximate surface area is 118 Å². The fraction of sp³-hybridized carbons (Fsp3) is 0.250. The minimum atomic E-state index is -0.0942. The van der Waals surface area contributed by atoms with Crippen molar-refractivity contribution in [2.75, 3.05) is 18.6 Å².